The van der Waals surface area contributed by atoms with Crippen LogP contribution in [-0.2, 0) is 7.05 Å². The monoisotopic (exact) mass is 340 g/mol. The van der Waals surface area contributed by atoms with Gasteiger partial charge >= 0.3 is 0 Å². The lowest BCUT2D eigenvalue weighted by Crippen LogP contribution is -2.43. The van der Waals surface area contributed by atoms with E-state index >= 15 is 0 Å². The number of nitrogens with one attached hydrogen (secondary N) is 1. The normalized spacial score (nSPS) is 22.7. The van der Waals surface area contributed by atoms with E-state index in [0.29, 0.717) is 11.5 Å². The maximum absolute atomic E-state index is 12.4. The first-order valence-electron chi connectivity index (χ1n) is 8.98. The zero-order valence-electron chi connectivity index (χ0n) is 14.8. The van der Waals surface area contributed by atoms with Crippen LogP contribution in [0.2, 0.25) is 0 Å². The van der Waals surface area contributed by atoms with Crippen LogP contribution in [0.25, 0.3) is 0 Å². The van der Waals surface area contributed by atoms with Crippen LogP contribution in [0.1, 0.15) is 53.3 Å². The highest BCUT2D eigenvalue weighted by molar-refractivity contribution is 5.95. The van der Waals surface area contributed by atoms with Gasteiger partial charge in [0.2, 0.25) is 0 Å². The highest BCUT2D eigenvalue weighted by Crippen LogP contribution is 2.37. The molecule has 1 saturated carbocycles. The van der Waals surface area contributed by atoms with E-state index in [-0.39, 0.29) is 11.9 Å². The zero-order valence-corrected chi connectivity index (χ0v) is 14.8. The molecule has 25 heavy (non-hydrogen) atoms. The molecule has 0 radical (unpaired) electrons. The molecule has 0 spiro atoms. The predicted octanol–water partition coefficient (Wildman–Crippen LogP) is 1.79. The third-order valence-corrected chi connectivity index (χ3v) is 5.48. The molecule has 7 nitrogen and oxygen atoms in total. The molecule has 132 valence electrons. The highest BCUT2D eigenvalue weighted by Gasteiger charge is 2.33. The van der Waals surface area contributed by atoms with Crippen LogP contribution in [0, 0.1) is 6.92 Å². The van der Waals surface area contributed by atoms with Crippen molar-refractivity contribution in [2.24, 2.45) is 7.05 Å². The summed E-state index contributed by atoms with van der Waals surface area (Å²) in [6.45, 7) is 4.08. The van der Waals surface area contributed by atoms with Crippen molar-refractivity contribution < 1.29 is 4.79 Å². The Balaban J connectivity index is 1.35. The Morgan fingerprint density at radius 3 is 2.68 bits per heavy atom. The molecule has 1 saturated heterocycles. The zero-order chi connectivity index (χ0) is 17.4. The molecule has 2 aromatic rings. The first-order chi connectivity index (χ1) is 12.1. The van der Waals surface area contributed by atoms with Crippen LogP contribution in [-0.4, -0.2) is 44.8 Å². The van der Waals surface area contributed by atoms with Crippen molar-refractivity contribution in [2.75, 3.05) is 18.0 Å². The van der Waals surface area contributed by atoms with Gasteiger partial charge in [0, 0.05) is 49.6 Å². The van der Waals surface area contributed by atoms with Crippen LogP contribution in [0.3, 0.4) is 0 Å². The van der Waals surface area contributed by atoms with E-state index in [1.807, 2.05) is 14.0 Å². The molecular weight excluding hydrogens is 316 g/mol. The molecule has 0 aromatic carbocycles. The molecule has 2 fully saturated rings. The summed E-state index contributed by atoms with van der Waals surface area (Å²) < 4.78 is 1.72. The SMILES string of the molecule is Cc1c(C(=O)NC2CC(c3cc(N4CCCC4)ncn3)C2)cnn1C. The number of carbonyl (C=O) groups excluding carboxylic acids is 1. The molecule has 3 heterocycles. The van der Waals surface area contributed by atoms with Gasteiger partial charge in [-0.05, 0) is 32.6 Å². The number of amides is 1. The minimum atomic E-state index is -0.0329. The van der Waals surface area contributed by atoms with Gasteiger partial charge in [-0.3, -0.25) is 9.48 Å². The maximum atomic E-state index is 12.4. The summed E-state index contributed by atoms with van der Waals surface area (Å²) in [6.07, 6.45) is 7.65. The number of aromatic nitrogens is 4. The number of anilines is 1. The topological polar surface area (TPSA) is 75.9 Å². The quantitative estimate of drug-likeness (QED) is 0.918. The third-order valence-electron chi connectivity index (χ3n) is 5.48. The fraction of sp³-hybridized carbons (Fsp3) is 0.556. The van der Waals surface area contributed by atoms with E-state index in [2.05, 4.69) is 31.3 Å². The molecule has 7 heteroatoms. The van der Waals surface area contributed by atoms with Gasteiger partial charge in [-0.25, -0.2) is 9.97 Å². The number of aryl methyl sites for hydroxylation is 1. The Bertz CT molecular complexity index is 774. The molecule has 1 aliphatic heterocycles. The van der Waals surface area contributed by atoms with Crippen molar-refractivity contribution in [1.82, 2.24) is 25.1 Å². The van der Waals surface area contributed by atoms with Gasteiger partial charge in [0.15, 0.2) is 0 Å². The molecule has 0 bridgehead atoms. The van der Waals surface area contributed by atoms with Gasteiger partial charge in [-0.1, -0.05) is 0 Å². The van der Waals surface area contributed by atoms with E-state index in [1.54, 1.807) is 17.2 Å². The van der Waals surface area contributed by atoms with Crippen LogP contribution < -0.4 is 10.2 Å². The largest absolute Gasteiger partial charge is 0.357 e. The average molecular weight is 340 g/mol. The van der Waals surface area contributed by atoms with Crippen LogP contribution in [0.4, 0.5) is 5.82 Å². The van der Waals surface area contributed by atoms with Crippen LogP contribution in [0.15, 0.2) is 18.6 Å². The maximum Gasteiger partial charge on any atom is 0.254 e. The van der Waals surface area contributed by atoms with Crippen molar-refractivity contribution in [3.63, 3.8) is 0 Å². The lowest BCUT2D eigenvalue weighted by Gasteiger charge is -2.35. The first-order valence-corrected chi connectivity index (χ1v) is 8.98. The Morgan fingerprint density at radius 2 is 2.00 bits per heavy atom. The molecule has 1 amide bonds. The molecule has 1 aliphatic carbocycles. The minimum Gasteiger partial charge on any atom is -0.357 e. The van der Waals surface area contributed by atoms with Crippen molar-refractivity contribution in [1.29, 1.82) is 0 Å². The van der Waals surface area contributed by atoms with E-state index in [1.165, 1.54) is 12.8 Å². The molecular formula is C18H24N6O. The van der Waals surface area contributed by atoms with E-state index in [0.717, 1.165) is 43.1 Å². The van der Waals surface area contributed by atoms with E-state index in [9.17, 15) is 4.79 Å². The summed E-state index contributed by atoms with van der Waals surface area (Å²) in [5.41, 5.74) is 2.64. The fourth-order valence-corrected chi connectivity index (χ4v) is 3.67. The molecule has 0 atom stereocenters. The number of hydrogen-bond acceptors (Lipinski definition) is 5. The third kappa shape index (κ3) is 3.10. The standard InChI is InChI=1S/C18H24N6O/c1-12-15(10-21-23(12)2)18(25)22-14-7-13(8-14)16-9-17(20-11-19-16)24-5-3-4-6-24/h9-11,13-14H,3-8H2,1-2H3,(H,22,25). The number of nitrogens with zero attached hydrogens (tertiary/aromatic N) is 5. The Kier molecular flexibility index (Phi) is 4.15. The minimum absolute atomic E-state index is 0.0329. The average Bonchev–Trinajstić information content (AvgIpc) is 3.22. The van der Waals surface area contributed by atoms with Gasteiger partial charge in [-0.15, -0.1) is 0 Å². The molecule has 4 rings (SSSR count). The van der Waals surface area contributed by atoms with Crippen LogP contribution >= 0.6 is 0 Å². The predicted molar refractivity (Wildman–Crippen MR) is 94.7 cm³/mol. The first kappa shape index (κ1) is 16.1. The number of carbonyl (C=O) groups is 1. The molecule has 2 aliphatic rings. The second-order valence-corrected chi connectivity index (χ2v) is 7.10. The second kappa shape index (κ2) is 6.46. The van der Waals surface area contributed by atoms with Gasteiger partial charge < -0.3 is 10.2 Å². The van der Waals surface area contributed by atoms with Crippen molar-refractivity contribution in [3.05, 3.63) is 35.5 Å². The number of rotatable bonds is 4. The summed E-state index contributed by atoms with van der Waals surface area (Å²) >= 11 is 0. The van der Waals surface area contributed by atoms with Gasteiger partial charge in [-0.2, -0.15) is 5.10 Å². The Hall–Kier alpha value is -2.44. The Labute approximate surface area is 147 Å². The molecule has 2 aromatic heterocycles. The lowest BCUT2D eigenvalue weighted by atomic mass is 9.78. The summed E-state index contributed by atoms with van der Waals surface area (Å²) in [4.78, 5) is 23.6. The van der Waals surface area contributed by atoms with E-state index < -0.39 is 0 Å². The summed E-state index contributed by atoms with van der Waals surface area (Å²) in [7, 11) is 1.85. The number of hydrogen-bond donors (Lipinski definition) is 1. The smallest absolute Gasteiger partial charge is 0.254 e. The summed E-state index contributed by atoms with van der Waals surface area (Å²) in [5, 5.41) is 7.24. The summed E-state index contributed by atoms with van der Waals surface area (Å²) in [5.74, 6) is 1.42. The Morgan fingerprint density at radius 1 is 1.24 bits per heavy atom. The molecule has 1 N–H and O–H groups in total. The molecule has 0 unspecified atom stereocenters. The van der Waals surface area contributed by atoms with Gasteiger partial charge in [0.1, 0.15) is 12.1 Å². The second-order valence-electron chi connectivity index (χ2n) is 7.10. The van der Waals surface area contributed by atoms with Crippen molar-refractivity contribution in [2.45, 2.75) is 44.6 Å². The van der Waals surface area contributed by atoms with Crippen molar-refractivity contribution >= 4 is 11.7 Å². The lowest BCUT2D eigenvalue weighted by molar-refractivity contribution is 0.0907. The van der Waals surface area contributed by atoms with E-state index in [4.69, 9.17) is 0 Å². The fourth-order valence-electron chi connectivity index (χ4n) is 3.67. The van der Waals surface area contributed by atoms with Crippen LogP contribution in [0.5, 0.6) is 0 Å². The van der Waals surface area contributed by atoms with Gasteiger partial charge in [0.05, 0.1) is 11.8 Å². The van der Waals surface area contributed by atoms with Gasteiger partial charge in [0.25, 0.3) is 5.91 Å². The summed E-state index contributed by atoms with van der Waals surface area (Å²) in [6, 6.07) is 2.33. The highest BCUT2D eigenvalue weighted by atomic mass is 16.1. The van der Waals surface area contributed by atoms with Crippen molar-refractivity contribution in [3.8, 4) is 0 Å².